The Morgan fingerprint density at radius 2 is 2.25 bits per heavy atom. The van der Waals surface area contributed by atoms with Gasteiger partial charge in [0.05, 0.1) is 0 Å². The van der Waals surface area contributed by atoms with E-state index in [0.29, 0.717) is 6.54 Å². The summed E-state index contributed by atoms with van der Waals surface area (Å²) in [6, 6.07) is 0. The number of nitrogens with one attached hydrogen (secondary N) is 2. The van der Waals surface area contributed by atoms with Gasteiger partial charge in [-0.1, -0.05) is 0 Å². The number of aromatic amines is 1. The van der Waals surface area contributed by atoms with Gasteiger partial charge in [0.25, 0.3) is 0 Å². The van der Waals surface area contributed by atoms with Crippen LogP contribution in [0.4, 0.5) is 0 Å². The molecule has 0 unspecified atom stereocenters. The number of aryl methyl sites for hydroxylation is 1. The minimum absolute atomic E-state index is 0.0127. The molecule has 0 bridgehead atoms. The molecule has 0 fully saturated rings. The van der Waals surface area contributed by atoms with Gasteiger partial charge in [-0.05, 0) is 18.4 Å². The van der Waals surface area contributed by atoms with Crippen molar-refractivity contribution in [3.05, 3.63) is 24.2 Å². The van der Waals surface area contributed by atoms with Crippen molar-refractivity contribution in [1.29, 1.82) is 0 Å². The highest BCUT2D eigenvalue weighted by atomic mass is 16.1. The van der Waals surface area contributed by atoms with Gasteiger partial charge in [-0.15, -0.1) is 0 Å². The molecule has 2 rings (SSSR count). The van der Waals surface area contributed by atoms with Crippen LogP contribution in [0.2, 0.25) is 0 Å². The van der Waals surface area contributed by atoms with Crippen LogP contribution in [-0.4, -0.2) is 27.4 Å². The monoisotopic (exact) mass is 218 g/mol. The van der Waals surface area contributed by atoms with Crippen molar-refractivity contribution in [2.45, 2.75) is 19.8 Å². The Morgan fingerprint density at radius 1 is 1.44 bits per heavy atom. The SMILES string of the molecule is CC(=O)NCCCc1c[nH]c2nccnc12. The van der Waals surface area contributed by atoms with Gasteiger partial charge in [0, 0.05) is 32.1 Å². The molecular weight excluding hydrogens is 204 g/mol. The van der Waals surface area contributed by atoms with Crippen molar-refractivity contribution < 1.29 is 4.79 Å². The molecule has 84 valence electrons. The number of aromatic nitrogens is 3. The van der Waals surface area contributed by atoms with E-state index in [1.54, 1.807) is 12.4 Å². The third-order valence-electron chi connectivity index (χ3n) is 2.38. The van der Waals surface area contributed by atoms with Gasteiger partial charge in [-0.2, -0.15) is 0 Å². The third kappa shape index (κ3) is 2.36. The number of carbonyl (C=O) groups is 1. The molecule has 0 aliphatic carbocycles. The topological polar surface area (TPSA) is 70.7 Å². The number of rotatable bonds is 4. The minimum Gasteiger partial charge on any atom is -0.356 e. The number of fused-ring (bicyclic) bond motifs is 1. The predicted octanol–water partition coefficient (Wildman–Crippen LogP) is 1.03. The standard InChI is InChI=1S/C11H14N4O/c1-8(16)12-4-2-3-9-7-15-11-10(9)13-5-6-14-11/h5-7H,2-4H2,1H3,(H,12,16)(H,14,15). The second-order valence-corrected chi connectivity index (χ2v) is 3.65. The van der Waals surface area contributed by atoms with Crippen LogP contribution in [0.15, 0.2) is 18.6 Å². The number of amides is 1. The Kier molecular flexibility index (Phi) is 3.14. The molecule has 2 aromatic rings. The zero-order valence-corrected chi connectivity index (χ0v) is 9.16. The van der Waals surface area contributed by atoms with E-state index >= 15 is 0 Å². The molecule has 0 aromatic carbocycles. The lowest BCUT2D eigenvalue weighted by atomic mass is 10.2. The summed E-state index contributed by atoms with van der Waals surface area (Å²) in [6.45, 7) is 2.22. The fraction of sp³-hybridized carbons (Fsp3) is 0.364. The maximum Gasteiger partial charge on any atom is 0.216 e. The summed E-state index contributed by atoms with van der Waals surface area (Å²) in [7, 11) is 0. The van der Waals surface area contributed by atoms with Gasteiger partial charge in [0.1, 0.15) is 5.52 Å². The lowest BCUT2D eigenvalue weighted by Gasteiger charge is -2.00. The lowest BCUT2D eigenvalue weighted by Crippen LogP contribution is -2.21. The number of carbonyl (C=O) groups excluding carboxylic acids is 1. The van der Waals surface area contributed by atoms with Crippen molar-refractivity contribution in [2.75, 3.05) is 6.54 Å². The second-order valence-electron chi connectivity index (χ2n) is 3.65. The molecule has 5 nitrogen and oxygen atoms in total. The maximum absolute atomic E-state index is 10.7. The summed E-state index contributed by atoms with van der Waals surface area (Å²) in [5, 5.41) is 2.77. The van der Waals surface area contributed by atoms with Crippen molar-refractivity contribution in [2.24, 2.45) is 0 Å². The van der Waals surface area contributed by atoms with E-state index in [1.807, 2.05) is 6.20 Å². The molecule has 5 heteroatoms. The maximum atomic E-state index is 10.7. The first kappa shape index (κ1) is 10.6. The van der Waals surface area contributed by atoms with E-state index in [2.05, 4.69) is 20.3 Å². The van der Waals surface area contributed by atoms with Crippen molar-refractivity contribution in [3.8, 4) is 0 Å². The lowest BCUT2D eigenvalue weighted by molar-refractivity contribution is -0.118. The summed E-state index contributed by atoms with van der Waals surface area (Å²) in [5.74, 6) is 0.0127. The van der Waals surface area contributed by atoms with E-state index in [4.69, 9.17) is 0 Å². The van der Waals surface area contributed by atoms with Gasteiger partial charge in [0.15, 0.2) is 5.65 Å². The van der Waals surface area contributed by atoms with Gasteiger partial charge < -0.3 is 10.3 Å². The molecule has 0 saturated carbocycles. The highest BCUT2D eigenvalue weighted by Crippen LogP contribution is 2.14. The van der Waals surface area contributed by atoms with Crippen molar-refractivity contribution >= 4 is 17.1 Å². The second kappa shape index (κ2) is 4.74. The van der Waals surface area contributed by atoms with E-state index in [-0.39, 0.29) is 5.91 Å². The molecule has 2 N–H and O–H groups in total. The van der Waals surface area contributed by atoms with Crippen molar-refractivity contribution in [3.63, 3.8) is 0 Å². The highest BCUT2D eigenvalue weighted by Gasteiger charge is 2.04. The average molecular weight is 218 g/mol. The summed E-state index contributed by atoms with van der Waals surface area (Å²) >= 11 is 0. The van der Waals surface area contributed by atoms with Crippen LogP contribution in [0.25, 0.3) is 11.2 Å². The Labute approximate surface area is 93.3 Å². The fourth-order valence-electron chi connectivity index (χ4n) is 1.64. The summed E-state index contributed by atoms with van der Waals surface area (Å²) in [4.78, 5) is 22.2. The molecule has 0 radical (unpaired) electrons. The summed E-state index contributed by atoms with van der Waals surface area (Å²) in [6.07, 6.45) is 7.08. The predicted molar refractivity (Wildman–Crippen MR) is 60.9 cm³/mol. The number of hydrogen-bond acceptors (Lipinski definition) is 3. The Balaban J connectivity index is 1.97. The van der Waals surface area contributed by atoms with Crippen LogP contribution in [0.5, 0.6) is 0 Å². The molecule has 0 atom stereocenters. The molecule has 2 aromatic heterocycles. The normalized spacial score (nSPS) is 10.6. The highest BCUT2D eigenvalue weighted by molar-refractivity contribution is 5.74. The van der Waals surface area contributed by atoms with Gasteiger partial charge >= 0.3 is 0 Å². The first-order chi connectivity index (χ1) is 7.77. The first-order valence-corrected chi connectivity index (χ1v) is 5.29. The van der Waals surface area contributed by atoms with Gasteiger partial charge in [-0.25, -0.2) is 4.98 Å². The fourth-order valence-corrected chi connectivity index (χ4v) is 1.64. The van der Waals surface area contributed by atoms with E-state index in [0.717, 1.165) is 29.6 Å². The van der Waals surface area contributed by atoms with Crippen LogP contribution >= 0.6 is 0 Å². The zero-order valence-electron chi connectivity index (χ0n) is 9.16. The van der Waals surface area contributed by atoms with Crippen molar-refractivity contribution in [1.82, 2.24) is 20.3 Å². The van der Waals surface area contributed by atoms with E-state index in [1.165, 1.54) is 6.92 Å². The van der Waals surface area contributed by atoms with Crippen LogP contribution in [0.1, 0.15) is 18.9 Å². The minimum atomic E-state index is 0.0127. The van der Waals surface area contributed by atoms with Crippen LogP contribution in [-0.2, 0) is 11.2 Å². The molecule has 16 heavy (non-hydrogen) atoms. The van der Waals surface area contributed by atoms with E-state index < -0.39 is 0 Å². The number of H-pyrrole nitrogens is 1. The van der Waals surface area contributed by atoms with Gasteiger partial charge in [-0.3, -0.25) is 9.78 Å². The third-order valence-corrected chi connectivity index (χ3v) is 2.38. The molecule has 0 aliphatic heterocycles. The Bertz CT molecular complexity index is 491. The van der Waals surface area contributed by atoms with Crippen LogP contribution in [0.3, 0.4) is 0 Å². The van der Waals surface area contributed by atoms with Crippen LogP contribution < -0.4 is 5.32 Å². The number of hydrogen-bond donors (Lipinski definition) is 2. The molecule has 1 amide bonds. The quantitative estimate of drug-likeness (QED) is 0.753. The molecule has 2 heterocycles. The Hall–Kier alpha value is -1.91. The summed E-state index contributed by atoms with van der Waals surface area (Å²) < 4.78 is 0. The molecule has 0 saturated heterocycles. The molecule has 0 aliphatic rings. The van der Waals surface area contributed by atoms with Crippen LogP contribution in [0, 0.1) is 0 Å². The Morgan fingerprint density at radius 3 is 3.06 bits per heavy atom. The molecular formula is C11H14N4O. The number of nitrogens with zero attached hydrogens (tertiary/aromatic N) is 2. The average Bonchev–Trinajstić information content (AvgIpc) is 2.68. The summed E-state index contributed by atoms with van der Waals surface area (Å²) in [5.41, 5.74) is 2.89. The van der Waals surface area contributed by atoms with Gasteiger partial charge in [0.2, 0.25) is 5.91 Å². The zero-order chi connectivity index (χ0) is 11.4. The molecule has 0 spiro atoms. The first-order valence-electron chi connectivity index (χ1n) is 5.29. The smallest absolute Gasteiger partial charge is 0.216 e. The largest absolute Gasteiger partial charge is 0.356 e. The van der Waals surface area contributed by atoms with E-state index in [9.17, 15) is 4.79 Å².